The van der Waals surface area contributed by atoms with Crippen LogP contribution in [0.4, 0.5) is 0 Å². The van der Waals surface area contributed by atoms with E-state index in [0.29, 0.717) is 5.92 Å². The molecule has 1 N–H and O–H groups in total. The number of carbonyl (C=O) groups is 1. The molecule has 1 fully saturated rings. The average molecular weight is 403 g/mol. The van der Waals surface area contributed by atoms with E-state index in [2.05, 4.69) is 45.9 Å². The molecule has 5 heteroatoms. The maximum atomic E-state index is 11.8. The number of thioether (sulfide) groups is 1. The van der Waals surface area contributed by atoms with Gasteiger partial charge in [-0.1, -0.05) is 42.1 Å². The summed E-state index contributed by atoms with van der Waals surface area (Å²) < 4.78 is 1.17. The van der Waals surface area contributed by atoms with Gasteiger partial charge >= 0.3 is 5.97 Å². The van der Waals surface area contributed by atoms with Crippen molar-refractivity contribution in [2.45, 2.75) is 42.4 Å². The Kier molecular flexibility index (Phi) is 4.17. The Balaban J connectivity index is 1.78. The molecule has 0 atom stereocenters. The Labute approximate surface area is 173 Å². The molecule has 2 heterocycles. The van der Waals surface area contributed by atoms with Gasteiger partial charge in [0.2, 0.25) is 0 Å². The predicted octanol–water partition coefficient (Wildman–Crippen LogP) is 6.01. The van der Waals surface area contributed by atoms with Gasteiger partial charge in [0.25, 0.3) is 0 Å². The Hall–Kier alpha value is -2.79. The van der Waals surface area contributed by atoms with E-state index in [1.807, 2.05) is 18.2 Å². The van der Waals surface area contributed by atoms with Crippen LogP contribution in [0, 0.1) is 0 Å². The number of carboxylic acids is 1. The van der Waals surface area contributed by atoms with Crippen LogP contribution in [0.1, 0.15) is 38.2 Å². The van der Waals surface area contributed by atoms with E-state index in [4.69, 9.17) is 0 Å². The lowest BCUT2D eigenvalue weighted by Gasteiger charge is -2.21. The second-order valence-electron chi connectivity index (χ2n) is 8.15. The number of pyridine rings is 1. The van der Waals surface area contributed by atoms with Gasteiger partial charge in [0.1, 0.15) is 10.4 Å². The summed E-state index contributed by atoms with van der Waals surface area (Å²) >= 11 is 1.36. The van der Waals surface area contributed by atoms with E-state index in [1.54, 1.807) is 20.0 Å². The van der Waals surface area contributed by atoms with E-state index < -0.39 is 10.7 Å². The van der Waals surface area contributed by atoms with Crippen molar-refractivity contribution >= 4 is 39.5 Å². The molecule has 0 bridgehead atoms. The summed E-state index contributed by atoms with van der Waals surface area (Å²) in [4.78, 5) is 16.4. The zero-order valence-electron chi connectivity index (χ0n) is 16.4. The lowest BCUT2D eigenvalue weighted by molar-refractivity contribution is -0.138. The Morgan fingerprint density at radius 3 is 2.59 bits per heavy atom. The minimum Gasteiger partial charge on any atom is -0.480 e. The van der Waals surface area contributed by atoms with Crippen LogP contribution in [0.5, 0.6) is 0 Å². The summed E-state index contributed by atoms with van der Waals surface area (Å²) in [6, 6.07) is 18.9. The Morgan fingerprint density at radius 1 is 1.10 bits per heavy atom. The molecule has 4 aromatic rings. The van der Waals surface area contributed by atoms with Crippen molar-refractivity contribution in [3.05, 3.63) is 66.4 Å². The average Bonchev–Trinajstić information content (AvgIpc) is 3.48. The molecule has 1 aliphatic carbocycles. The number of fused-ring (bicyclic) bond motifs is 2. The van der Waals surface area contributed by atoms with Crippen LogP contribution >= 0.6 is 11.8 Å². The normalized spacial score (nSPS) is 14.6. The molecular weight excluding hydrogens is 380 g/mol. The number of nitrogens with zero attached hydrogens (tertiary/aromatic N) is 2. The molecule has 2 aromatic heterocycles. The van der Waals surface area contributed by atoms with E-state index in [0.717, 1.165) is 21.7 Å². The van der Waals surface area contributed by atoms with Gasteiger partial charge in [0.15, 0.2) is 0 Å². The van der Waals surface area contributed by atoms with Gasteiger partial charge in [0.05, 0.1) is 10.7 Å². The fraction of sp³-hybridized carbons (Fsp3) is 0.250. The predicted molar refractivity (Wildman–Crippen MR) is 118 cm³/mol. The zero-order chi connectivity index (χ0) is 20.2. The zero-order valence-corrected chi connectivity index (χ0v) is 17.2. The Bertz CT molecular complexity index is 1250. The number of aliphatic carboxylic acids is 1. The van der Waals surface area contributed by atoms with Gasteiger partial charge in [-0.25, -0.2) is 4.98 Å². The third-order valence-electron chi connectivity index (χ3n) is 5.60. The summed E-state index contributed by atoms with van der Waals surface area (Å²) in [6.45, 7) is 3.48. The SMILES string of the molecule is CC(C)(Sc1cc2cccnc2n1-c1ccc(C2CC2)c2ccccc12)C(=O)O. The summed E-state index contributed by atoms with van der Waals surface area (Å²) in [6.07, 6.45) is 4.30. The first-order chi connectivity index (χ1) is 14.0. The first-order valence-corrected chi connectivity index (χ1v) is 10.7. The molecule has 0 spiro atoms. The van der Waals surface area contributed by atoms with Crippen molar-refractivity contribution in [1.82, 2.24) is 9.55 Å². The van der Waals surface area contributed by atoms with Crippen molar-refractivity contribution in [3.63, 3.8) is 0 Å². The van der Waals surface area contributed by atoms with Gasteiger partial charge in [-0.3, -0.25) is 9.36 Å². The monoisotopic (exact) mass is 402 g/mol. The molecule has 1 saturated carbocycles. The maximum Gasteiger partial charge on any atom is 0.319 e. The van der Waals surface area contributed by atoms with Gasteiger partial charge in [0, 0.05) is 17.0 Å². The fourth-order valence-electron chi connectivity index (χ4n) is 3.88. The van der Waals surface area contributed by atoms with E-state index in [-0.39, 0.29) is 0 Å². The number of hydrogen-bond donors (Lipinski definition) is 1. The van der Waals surface area contributed by atoms with Gasteiger partial charge in [-0.2, -0.15) is 0 Å². The highest BCUT2D eigenvalue weighted by molar-refractivity contribution is 8.01. The molecule has 0 aliphatic heterocycles. The van der Waals surface area contributed by atoms with Crippen molar-refractivity contribution in [1.29, 1.82) is 0 Å². The summed E-state index contributed by atoms with van der Waals surface area (Å²) in [5, 5.41) is 14.0. The van der Waals surface area contributed by atoms with Gasteiger partial charge in [-0.05, 0) is 67.8 Å². The van der Waals surface area contributed by atoms with Crippen LogP contribution in [-0.2, 0) is 4.79 Å². The number of carboxylic acid groups (broad SMARTS) is 1. The highest BCUT2D eigenvalue weighted by atomic mass is 32.2. The van der Waals surface area contributed by atoms with Crippen molar-refractivity contribution < 1.29 is 9.90 Å². The van der Waals surface area contributed by atoms with Gasteiger partial charge < -0.3 is 5.11 Å². The largest absolute Gasteiger partial charge is 0.480 e. The summed E-state index contributed by atoms with van der Waals surface area (Å²) in [7, 11) is 0. The second kappa shape index (κ2) is 6.63. The second-order valence-corrected chi connectivity index (χ2v) is 9.79. The van der Waals surface area contributed by atoms with Crippen molar-refractivity contribution in [2.75, 3.05) is 0 Å². The minimum atomic E-state index is -0.949. The first-order valence-electron chi connectivity index (χ1n) is 9.86. The summed E-state index contributed by atoms with van der Waals surface area (Å²) in [5.41, 5.74) is 3.30. The summed E-state index contributed by atoms with van der Waals surface area (Å²) in [5.74, 6) is -0.172. The quantitative estimate of drug-likeness (QED) is 0.415. The minimum absolute atomic E-state index is 0.660. The molecule has 5 rings (SSSR count). The van der Waals surface area contributed by atoms with E-state index in [1.165, 1.54) is 40.9 Å². The number of aromatic nitrogens is 2. The molecule has 4 nitrogen and oxygen atoms in total. The number of rotatable bonds is 5. The van der Waals surface area contributed by atoms with E-state index >= 15 is 0 Å². The van der Waals surface area contributed by atoms with Crippen LogP contribution in [0.2, 0.25) is 0 Å². The first kappa shape index (κ1) is 18.3. The highest BCUT2D eigenvalue weighted by Crippen LogP contribution is 2.45. The van der Waals surface area contributed by atoms with Crippen LogP contribution in [-0.4, -0.2) is 25.4 Å². The smallest absolute Gasteiger partial charge is 0.319 e. The topological polar surface area (TPSA) is 55.1 Å². The highest BCUT2D eigenvalue weighted by Gasteiger charge is 2.31. The molecule has 0 radical (unpaired) electrons. The van der Waals surface area contributed by atoms with Crippen LogP contribution < -0.4 is 0 Å². The molecule has 0 unspecified atom stereocenters. The van der Waals surface area contributed by atoms with Crippen LogP contribution in [0.15, 0.2) is 65.8 Å². The van der Waals surface area contributed by atoms with Crippen LogP contribution in [0.3, 0.4) is 0 Å². The molecule has 0 saturated heterocycles. The molecule has 1 aliphatic rings. The number of benzene rings is 2. The van der Waals surface area contributed by atoms with E-state index in [9.17, 15) is 9.90 Å². The van der Waals surface area contributed by atoms with Crippen LogP contribution in [0.25, 0.3) is 27.5 Å². The fourth-order valence-corrected chi connectivity index (χ4v) is 4.95. The number of hydrogen-bond acceptors (Lipinski definition) is 3. The third-order valence-corrected chi connectivity index (χ3v) is 6.79. The lowest BCUT2D eigenvalue weighted by Crippen LogP contribution is -2.27. The molecule has 146 valence electrons. The van der Waals surface area contributed by atoms with Crippen molar-refractivity contribution in [2.24, 2.45) is 0 Å². The molecule has 0 amide bonds. The lowest BCUT2D eigenvalue weighted by atomic mass is 9.99. The maximum absolute atomic E-state index is 11.8. The molecule has 2 aromatic carbocycles. The third kappa shape index (κ3) is 3.10. The Morgan fingerprint density at radius 2 is 1.86 bits per heavy atom. The molecular formula is C24H22N2O2S. The van der Waals surface area contributed by atoms with Crippen molar-refractivity contribution in [3.8, 4) is 5.69 Å². The standard InChI is InChI=1S/C24H22N2O2S/c1-24(2,23(27)28)29-21-14-16-6-5-13-25-22(16)26(21)20-12-11-17(15-9-10-15)18-7-3-4-8-19(18)20/h3-8,11-15H,9-10H2,1-2H3,(H,27,28). The molecule has 29 heavy (non-hydrogen) atoms. The van der Waals surface area contributed by atoms with Gasteiger partial charge in [-0.15, -0.1) is 0 Å².